The number of carboxylic acid groups (broad SMARTS) is 1. The van der Waals surface area contributed by atoms with Gasteiger partial charge in [-0.2, -0.15) is 0 Å². The number of nitrogens with zero attached hydrogens (tertiary/aromatic N) is 1. The number of hydrogen-bond donors (Lipinski definition) is 3. The predicted octanol–water partition coefficient (Wildman–Crippen LogP) is 0.695. The largest absolute Gasteiger partial charge is 0.478 e. The molecule has 2 amide bonds. The Kier molecular flexibility index (Phi) is 4.25. The van der Waals surface area contributed by atoms with E-state index in [0.29, 0.717) is 0 Å². The first kappa shape index (κ1) is 15.0. The van der Waals surface area contributed by atoms with Gasteiger partial charge in [-0.3, -0.25) is 14.5 Å². The van der Waals surface area contributed by atoms with Crippen LogP contribution >= 0.6 is 11.6 Å². The normalized spacial score (nSPS) is 14.4. The van der Waals surface area contributed by atoms with Gasteiger partial charge in [0.05, 0.1) is 23.9 Å². The summed E-state index contributed by atoms with van der Waals surface area (Å²) in [5.74, 6) is -2.46. The molecule has 8 heteroatoms. The topological polar surface area (TPSA) is 107 Å². The molecule has 0 aromatic heterocycles. The van der Waals surface area contributed by atoms with Crippen LogP contribution in [0.25, 0.3) is 0 Å². The summed E-state index contributed by atoms with van der Waals surface area (Å²) in [5.41, 5.74) is -0.160. The average Bonchev–Trinajstić information content (AvgIpc) is 2.66. The fraction of sp³-hybridized carbons (Fsp3) is 0.154. The maximum absolute atomic E-state index is 12.0. The van der Waals surface area contributed by atoms with Gasteiger partial charge < -0.3 is 15.5 Å². The number of carbonyl (C=O) groups excluding carboxylic acids is 2. The number of aromatic carboxylic acids is 1. The number of carboxylic acids is 1. The molecule has 0 fully saturated rings. The van der Waals surface area contributed by atoms with Crippen molar-refractivity contribution in [3.8, 4) is 0 Å². The van der Waals surface area contributed by atoms with Crippen molar-refractivity contribution in [3.63, 3.8) is 0 Å². The summed E-state index contributed by atoms with van der Waals surface area (Å²) in [5, 5.41) is 20.6. The van der Waals surface area contributed by atoms with Crippen molar-refractivity contribution in [2.45, 2.75) is 0 Å². The lowest BCUT2D eigenvalue weighted by molar-refractivity contribution is -0.137. The number of carbonyl (C=O) groups is 3. The average molecular weight is 311 g/mol. The van der Waals surface area contributed by atoms with Crippen molar-refractivity contribution in [3.05, 3.63) is 40.6 Å². The first-order chi connectivity index (χ1) is 9.95. The smallest absolute Gasteiger partial charge is 0.339 e. The molecule has 1 aromatic rings. The van der Waals surface area contributed by atoms with Crippen LogP contribution in [-0.4, -0.2) is 46.0 Å². The Morgan fingerprint density at radius 1 is 1.33 bits per heavy atom. The summed E-state index contributed by atoms with van der Waals surface area (Å²) < 4.78 is 0. The second kappa shape index (κ2) is 5.94. The third kappa shape index (κ3) is 2.88. The van der Waals surface area contributed by atoms with Crippen LogP contribution < -0.4 is 5.32 Å². The molecule has 0 aliphatic carbocycles. The highest BCUT2D eigenvalue weighted by atomic mass is 35.5. The molecule has 21 heavy (non-hydrogen) atoms. The number of anilines is 1. The molecule has 0 radical (unpaired) electrons. The molecule has 1 aliphatic heterocycles. The molecule has 0 spiro atoms. The van der Waals surface area contributed by atoms with E-state index in [9.17, 15) is 14.4 Å². The highest BCUT2D eigenvalue weighted by Crippen LogP contribution is 2.26. The lowest BCUT2D eigenvalue weighted by Crippen LogP contribution is -2.34. The van der Waals surface area contributed by atoms with Gasteiger partial charge in [0.2, 0.25) is 0 Å². The maximum atomic E-state index is 12.0. The molecular formula is C13H11ClN2O5. The van der Waals surface area contributed by atoms with Gasteiger partial charge >= 0.3 is 5.97 Å². The number of aliphatic hydroxyl groups excluding tert-OH is 1. The van der Waals surface area contributed by atoms with Crippen LogP contribution in [0.15, 0.2) is 30.0 Å². The van der Waals surface area contributed by atoms with Gasteiger partial charge in [-0.15, -0.1) is 0 Å². The zero-order valence-electron chi connectivity index (χ0n) is 10.7. The van der Waals surface area contributed by atoms with Crippen LogP contribution in [0.2, 0.25) is 5.02 Å². The standard InChI is InChI=1S/C13H11ClN2O5/c14-7-2-1-3-8(11(7)13(20)21)15-9-6-10(18)16(4-5-17)12(9)19/h1-3,6,15,17H,4-5H2,(H,20,21). The SMILES string of the molecule is O=C(O)c1c(Cl)cccc1NC1=CC(=O)N(CCO)C1=O. The van der Waals surface area contributed by atoms with E-state index >= 15 is 0 Å². The number of rotatable bonds is 5. The summed E-state index contributed by atoms with van der Waals surface area (Å²) in [7, 11) is 0. The molecule has 3 N–H and O–H groups in total. The van der Waals surface area contributed by atoms with Crippen LogP contribution in [0.1, 0.15) is 10.4 Å². The summed E-state index contributed by atoms with van der Waals surface area (Å²) in [6.45, 7) is -0.475. The molecule has 0 unspecified atom stereocenters. The Morgan fingerprint density at radius 2 is 2.05 bits per heavy atom. The molecule has 1 heterocycles. The van der Waals surface area contributed by atoms with Gasteiger partial charge in [0.15, 0.2) is 0 Å². The number of hydrogen-bond acceptors (Lipinski definition) is 5. The molecule has 2 rings (SSSR count). The summed E-state index contributed by atoms with van der Waals surface area (Å²) in [6.07, 6.45) is 1.05. The van der Waals surface area contributed by atoms with Crippen LogP contribution in [0.4, 0.5) is 5.69 Å². The Hall–Kier alpha value is -2.38. The fourth-order valence-electron chi connectivity index (χ4n) is 1.90. The Morgan fingerprint density at radius 3 is 2.67 bits per heavy atom. The second-order valence-corrected chi connectivity index (χ2v) is 4.58. The molecule has 0 atom stereocenters. The molecule has 0 saturated heterocycles. The van der Waals surface area contributed by atoms with Gasteiger partial charge in [0, 0.05) is 6.08 Å². The van der Waals surface area contributed by atoms with Gasteiger partial charge in [0.1, 0.15) is 11.3 Å². The highest BCUT2D eigenvalue weighted by molar-refractivity contribution is 6.34. The number of benzene rings is 1. The molecule has 0 saturated carbocycles. The molecule has 1 aliphatic rings. The van der Waals surface area contributed by atoms with Gasteiger partial charge in [-0.25, -0.2) is 4.79 Å². The summed E-state index contributed by atoms with van der Waals surface area (Å²) in [4.78, 5) is 35.6. The number of β-amino-alcohol motifs (C(OH)–C–C–N with tert-alkyl or cyclic N) is 1. The number of aliphatic hydroxyl groups is 1. The summed E-state index contributed by atoms with van der Waals surface area (Å²) in [6, 6.07) is 4.36. The van der Waals surface area contributed by atoms with Gasteiger partial charge in [0.25, 0.3) is 11.8 Å². The minimum atomic E-state index is -1.26. The van der Waals surface area contributed by atoms with E-state index < -0.39 is 17.8 Å². The molecule has 110 valence electrons. The number of halogens is 1. The minimum Gasteiger partial charge on any atom is -0.478 e. The molecule has 1 aromatic carbocycles. The van der Waals surface area contributed by atoms with E-state index in [1.54, 1.807) is 0 Å². The van der Waals surface area contributed by atoms with Crippen LogP contribution in [0, 0.1) is 0 Å². The van der Waals surface area contributed by atoms with Crippen LogP contribution in [0.5, 0.6) is 0 Å². The van der Waals surface area contributed by atoms with Crippen molar-refractivity contribution in [1.29, 1.82) is 0 Å². The van der Waals surface area contributed by atoms with E-state index in [1.807, 2.05) is 0 Å². The van der Waals surface area contributed by atoms with Gasteiger partial charge in [-0.05, 0) is 12.1 Å². The lowest BCUT2D eigenvalue weighted by atomic mass is 10.1. The summed E-state index contributed by atoms with van der Waals surface area (Å²) >= 11 is 5.82. The minimum absolute atomic E-state index is 0.0112. The van der Waals surface area contributed by atoms with Crippen molar-refractivity contribution in [2.75, 3.05) is 18.5 Å². The van der Waals surface area contributed by atoms with E-state index in [4.69, 9.17) is 21.8 Å². The monoisotopic (exact) mass is 310 g/mol. The van der Waals surface area contributed by atoms with E-state index in [-0.39, 0.29) is 35.1 Å². The molecule has 7 nitrogen and oxygen atoms in total. The first-order valence-electron chi connectivity index (χ1n) is 5.93. The Balaban J connectivity index is 2.30. The lowest BCUT2D eigenvalue weighted by Gasteiger charge is -2.14. The van der Waals surface area contributed by atoms with Crippen molar-refractivity contribution < 1.29 is 24.6 Å². The zero-order valence-corrected chi connectivity index (χ0v) is 11.4. The number of imide groups is 1. The van der Waals surface area contributed by atoms with Crippen LogP contribution in [-0.2, 0) is 9.59 Å². The third-order valence-corrected chi connectivity index (χ3v) is 3.14. The third-order valence-electron chi connectivity index (χ3n) is 2.83. The number of nitrogens with one attached hydrogen (secondary N) is 1. The Labute approximate surface area is 124 Å². The van der Waals surface area contributed by atoms with Gasteiger partial charge in [-0.1, -0.05) is 17.7 Å². The number of amides is 2. The molecular weight excluding hydrogens is 300 g/mol. The van der Waals surface area contributed by atoms with Crippen molar-refractivity contribution >= 4 is 35.1 Å². The van der Waals surface area contributed by atoms with Crippen LogP contribution in [0.3, 0.4) is 0 Å². The zero-order chi connectivity index (χ0) is 15.6. The van der Waals surface area contributed by atoms with E-state index in [1.165, 1.54) is 18.2 Å². The molecule has 0 bridgehead atoms. The van der Waals surface area contributed by atoms with Crippen molar-refractivity contribution in [2.24, 2.45) is 0 Å². The Bertz CT molecular complexity index is 656. The van der Waals surface area contributed by atoms with Crippen molar-refractivity contribution in [1.82, 2.24) is 4.90 Å². The highest BCUT2D eigenvalue weighted by Gasteiger charge is 2.31. The van der Waals surface area contributed by atoms with E-state index in [2.05, 4.69) is 5.32 Å². The maximum Gasteiger partial charge on any atom is 0.339 e. The first-order valence-corrected chi connectivity index (χ1v) is 6.30. The van der Waals surface area contributed by atoms with E-state index in [0.717, 1.165) is 11.0 Å². The second-order valence-electron chi connectivity index (χ2n) is 4.17. The quantitative estimate of drug-likeness (QED) is 0.691. The predicted molar refractivity (Wildman–Crippen MR) is 73.9 cm³/mol. The fourth-order valence-corrected chi connectivity index (χ4v) is 2.16.